The van der Waals surface area contributed by atoms with Gasteiger partial charge in [0, 0.05) is 12.1 Å². The van der Waals surface area contributed by atoms with Crippen LogP contribution in [0.4, 0.5) is 4.39 Å². The summed E-state index contributed by atoms with van der Waals surface area (Å²) in [7, 11) is 0. The number of nitrogens with zero attached hydrogens (tertiary/aromatic N) is 1. The van der Waals surface area contributed by atoms with Crippen molar-refractivity contribution in [1.82, 2.24) is 10.2 Å². The maximum Gasteiger partial charge on any atom is 0.254 e. The van der Waals surface area contributed by atoms with Crippen LogP contribution in [0.15, 0.2) is 54.6 Å². The lowest BCUT2D eigenvalue weighted by molar-refractivity contribution is -0.125. The Kier molecular flexibility index (Phi) is 5.12. The Labute approximate surface area is 146 Å². The Bertz CT molecular complexity index is 763. The number of carbonyl (C=O) groups is 2. The Morgan fingerprint density at radius 2 is 1.92 bits per heavy atom. The second-order valence-corrected chi connectivity index (χ2v) is 6.31. The van der Waals surface area contributed by atoms with Gasteiger partial charge in [0.1, 0.15) is 11.9 Å². The summed E-state index contributed by atoms with van der Waals surface area (Å²) in [6.07, 6.45) is 1.38. The van der Waals surface area contributed by atoms with E-state index in [-0.39, 0.29) is 23.4 Å². The molecule has 0 saturated carbocycles. The van der Waals surface area contributed by atoms with Crippen LogP contribution in [0.25, 0.3) is 0 Å². The Morgan fingerprint density at radius 3 is 2.64 bits per heavy atom. The number of rotatable bonds is 4. The van der Waals surface area contributed by atoms with E-state index in [1.165, 1.54) is 18.2 Å². The molecule has 0 bridgehead atoms. The van der Waals surface area contributed by atoms with E-state index in [0.29, 0.717) is 13.0 Å². The van der Waals surface area contributed by atoms with Crippen molar-refractivity contribution in [1.29, 1.82) is 0 Å². The Balaban J connectivity index is 1.70. The first-order valence-corrected chi connectivity index (χ1v) is 8.48. The summed E-state index contributed by atoms with van der Waals surface area (Å²) in [6.45, 7) is 2.42. The molecule has 0 spiro atoms. The average molecular weight is 340 g/mol. The molecule has 2 amide bonds. The van der Waals surface area contributed by atoms with E-state index in [0.717, 1.165) is 12.0 Å². The molecule has 25 heavy (non-hydrogen) atoms. The molecule has 1 fully saturated rings. The zero-order valence-electron chi connectivity index (χ0n) is 14.1. The van der Waals surface area contributed by atoms with Gasteiger partial charge < -0.3 is 10.2 Å². The second kappa shape index (κ2) is 7.47. The van der Waals surface area contributed by atoms with E-state index in [1.807, 2.05) is 37.3 Å². The second-order valence-electron chi connectivity index (χ2n) is 6.31. The first-order chi connectivity index (χ1) is 12.1. The molecule has 130 valence electrons. The van der Waals surface area contributed by atoms with Gasteiger partial charge in [-0.1, -0.05) is 36.4 Å². The average Bonchev–Trinajstić information content (AvgIpc) is 3.11. The van der Waals surface area contributed by atoms with Gasteiger partial charge in [-0.25, -0.2) is 4.39 Å². The van der Waals surface area contributed by atoms with Crippen molar-refractivity contribution in [3.05, 3.63) is 71.5 Å². The molecule has 4 nitrogen and oxygen atoms in total. The first kappa shape index (κ1) is 17.1. The van der Waals surface area contributed by atoms with E-state index in [1.54, 1.807) is 11.0 Å². The van der Waals surface area contributed by atoms with Gasteiger partial charge in [0.25, 0.3) is 5.91 Å². The van der Waals surface area contributed by atoms with Crippen LogP contribution in [-0.4, -0.2) is 29.3 Å². The van der Waals surface area contributed by atoms with Gasteiger partial charge in [0.15, 0.2) is 0 Å². The van der Waals surface area contributed by atoms with Crippen molar-refractivity contribution < 1.29 is 14.0 Å². The quantitative estimate of drug-likeness (QED) is 0.928. The molecule has 1 saturated heterocycles. The fourth-order valence-electron chi connectivity index (χ4n) is 3.20. The number of hydrogen-bond donors (Lipinski definition) is 1. The predicted molar refractivity (Wildman–Crippen MR) is 93.5 cm³/mol. The summed E-state index contributed by atoms with van der Waals surface area (Å²) in [4.78, 5) is 26.9. The van der Waals surface area contributed by atoms with Gasteiger partial charge in [-0.2, -0.15) is 0 Å². The molecule has 0 aliphatic carbocycles. The zero-order valence-corrected chi connectivity index (χ0v) is 14.1. The highest BCUT2D eigenvalue weighted by molar-refractivity contribution is 5.98. The third-order valence-electron chi connectivity index (χ3n) is 4.55. The summed E-state index contributed by atoms with van der Waals surface area (Å²) in [5.74, 6) is -0.924. The van der Waals surface area contributed by atoms with Crippen LogP contribution in [0.5, 0.6) is 0 Å². The van der Waals surface area contributed by atoms with Crippen molar-refractivity contribution >= 4 is 11.8 Å². The molecule has 0 unspecified atom stereocenters. The van der Waals surface area contributed by atoms with Gasteiger partial charge >= 0.3 is 0 Å². The molecule has 1 N–H and O–H groups in total. The topological polar surface area (TPSA) is 49.4 Å². The van der Waals surface area contributed by atoms with Gasteiger partial charge in [0.05, 0.1) is 6.04 Å². The monoisotopic (exact) mass is 340 g/mol. The fourth-order valence-corrected chi connectivity index (χ4v) is 3.20. The molecule has 2 atom stereocenters. The van der Waals surface area contributed by atoms with Crippen molar-refractivity contribution in [3.63, 3.8) is 0 Å². The lowest BCUT2D eigenvalue weighted by atomic mass is 10.1. The summed E-state index contributed by atoms with van der Waals surface area (Å²) in [5, 5.41) is 2.98. The Hall–Kier alpha value is -2.69. The molecule has 1 aliphatic heterocycles. The number of halogens is 1. The molecular weight excluding hydrogens is 319 g/mol. The molecule has 3 rings (SSSR count). The summed E-state index contributed by atoms with van der Waals surface area (Å²) in [6, 6.07) is 14.6. The molecule has 5 heteroatoms. The van der Waals surface area contributed by atoms with Crippen LogP contribution in [-0.2, 0) is 4.79 Å². The van der Waals surface area contributed by atoms with Crippen LogP contribution in [0.1, 0.15) is 41.7 Å². The predicted octanol–water partition coefficient (Wildman–Crippen LogP) is 3.31. The molecule has 0 radical (unpaired) electrons. The minimum Gasteiger partial charge on any atom is -0.348 e. The fraction of sp³-hybridized carbons (Fsp3) is 0.300. The van der Waals surface area contributed by atoms with Crippen molar-refractivity contribution in [2.75, 3.05) is 6.54 Å². The molecule has 2 aromatic carbocycles. The minimum absolute atomic E-state index is 0.138. The number of benzene rings is 2. The van der Waals surface area contributed by atoms with Crippen LogP contribution < -0.4 is 5.32 Å². The molecule has 2 aromatic rings. The van der Waals surface area contributed by atoms with Crippen LogP contribution >= 0.6 is 0 Å². The van der Waals surface area contributed by atoms with E-state index in [2.05, 4.69) is 5.32 Å². The van der Waals surface area contributed by atoms with Gasteiger partial charge in [-0.3, -0.25) is 9.59 Å². The standard InChI is InChI=1S/C20H21FN2O2/c1-14(15-7-3-2-4-8-15)22-19(24)18-11-6-12-23(18)20(25)16-9-5-10-17(21)13-16/h2-5,7-10,13-14,18H,6,11-12H2,1H3,(H,22,24)/t14-,18-/m0/s1. The van der Waals surface area contributed by atoms with Gasteiger partial charge in [-0.05, 0) is 43.5 Å². The summed E-state index contributed by atoms with van der Waals surface area (Å²) < 4.78 is 13.4. The number of nitrogens with one attached hydrogen (secondary N) is 1. The maximum absolute atomic E-state index is 13.4. The van der Waals surface area contributed by atoms with E-state index in [4.69, 9.17) is 0 Å². The van der Waals surface area contributed by atoms with Gasteiger partial charge in [0.2, 0.25) is 5.91 Å². The lowest BCUT2D eigenvalue weighted by Gasteiger charge is -2.25. The number of hydrogen-bond acceptors (Lipinski definition) is 2. The van der Waals surface area contributed by atoms with Crippen molar-refractivity contribution in [3.8, 4) is 0 Å². The molecule has 1 aliphatic rings. The van der Waals surface area contributed by atoms with E-state index in [9.17, 15) is 14.0 Å². The number of amides is 2. The van der Waals surface area contributed by atoms with Crippen LogP contribution in [0.2, 0.25) is 0 Å². The normalized spacial score (nSPS) is 18.0. The highest BCUT2D eigenvalue weighted by Gasteiger charge is 2.35. The van der Waals surface area contributed by atoms with Gasteiger partial charge in [-0.15, -0.1) is 0 Å². The largest absolute Gasteiger partial charge is 0.348 e. The van der Waals surface area contributed by atoms with E-state index < -0.39 is 11.9 Å². The Morgan fingerprint density at radius 1 is 1.16 bits per heavy atom. The number of carbonyl (C=O) groups excluding carboxylic acids is 2. The highest BCUT2D eigenvalue weighted by Crippen LogP contribution is 2.22. The summed E-state index contributed by atoms with van der Waals surface area (Å²) >= 11 is 0. The lowest BCUT2D eigenvalue weighted by Crippen LogP contribution is -2.46. The smallest absolute Gasteiger partial charge is 0.254 e. The number of likely N-dealkylation sites (tertiary alicyclic amines) is 1. The van der Waals surface area contributed by atoms with Crippen LogP contribution in [0.3, 0.4) is 0 Å². The minimum atomic E-state index is -0.512. The SMILES string of the molecule is C[C@H](NC(=O)[C@@H]1CCCN1C(=O)c1cccc(F)c1)c1ccccc1. The highest BCUT2D eigenvalue weighted by atomic mass is 19.1. The third kappa shape index (κ3) is 3.87. The van der Waals surface area contributed by atoms with Crippen molar-refractivity contribution in [2.24, 2.45) is 0 Å². The van der Waals surface area contributed by atoms with Crippen LogP contribution in [0, 0.1) is 5.82 Å². The molecule has 0 aromatic heterocycles. The first-order valence-electron chi connectivity index (χ1n) is 8.48. The van der Waals surface area contributed by atoms with Crippen molar-refractivity contribution in [2.45, 2.75) is 31.8 Å². The third-order valence-corrected chi connectivity index (χ3v) is 4.55. The van der Waals surface area contributed by atoms with E-state index >= 15 is 0 Å². The maximum atomic E-state index is 13.4. The summed E-state index contributed by atoms with van der Waals surface area (Å²) in [5.41, 5.74) is 1.28. The zero-order chi connectivity index (χ0) is 17.8. The molecular formula is C20H21FN2O2. The molecule has 1 heterocycles.